The first-order valence-electron chi connectivity index (χ1n) is 6.00. The SMILES string of the molecule is CC1CCCC(S(=O)(=O)CC2CNC2)C1. The third-order valence-corrected chi connectivity index (χ3v) is 6.11. The Labute approximate surface area is 92.6 Å². The summed E-state index contributed by atoms with van der Waals surface area (Å²) in [7, 11) is -2.82. The Kier molecular flexibility index (Phi) is 3.36. The minimum Gasteiger partial charge on any atom is -0.316 e. The van der Waals surface area contributed by atoms with E-state index < -0.39 is 9.84 Å². The molecule has 1 saturated heterocycles. The van der Waals surface area contributed by atoms with Crippen molar-refractivity contribution in [3.05, 3.63) is 0 Å². The van der Waals surface area contributed by atoms with E-state index in [9.17, 15) is 8.42 Å². The first-order valence-corrected chi connectivity index (χ1v) is 7.72. The topological polar surface area (TPSA) is 46.2 Å². The van der Waals surface area contributed by atoms with Crippen LogP contribution in [0.3, 0.4) is 0 Å². The molecular weight excluding hydrogens is 210 g/mol. The molecule has 1 saturated carbocycles. The Morgan fingerprint density at radius 3 is 2.53 bits per heavy atom. The second-order valence-electron chi connectivity index (χ2n) is 5.25. The van der Waals surface area contributed by atoms with Crippen LogP contribution in [0.5, 0.6) is 0 Å². The summed E-state index contributed by atoms with van der Waals surface area (Å²) in [5.74, 6) is 1.39. The number of nitrogens with one attached hydrogen (secondary N) is 1. The van der Waals surface area contributed by atoms with Crippen molar-refractivity contribution in [2.24, 2.45) is 11.8 Å². The van der Waals surface area contributed by atoms with Gasteiger partial charge in [-0.3, -0.25) is 0 Å². The van der Waals surface area contributed by atoms with Gasteiger partial charge in [0.15, 0.2) is 9.84 Å². The molecule has 0 aromatic rings. The molecule has 2 atom stereocenters. The lowest BCUT2D eigenvalue weighted by atomic mass is 9.91. The van der Waals surface area contributed by atoms with Crippen molar-refractivity contribution in [2.75, 3.05) is 18.8 Å². The van der Waals surface area contributed by atoms with E-state index in [2.05, 4.69) is 12.2 Å². The smallest absolute Gasteiger partial charge is 0.153 e. The van der Waals surface area contributed by atoms with E-state index in [-0.39, 0.29) is 5.25 Å². The zero-order valence-corrected chi connectivity index (χ0v) is 10.2. The van der Waals surface area contributed by atoms with E-state index in [0.717, 1.165) is 32.4 Å². The lowest BCUT2D eigenvalue weighted by Crippen LogP contribution is -2.47. The molecule has 1 heterocycles. The Morgan fingerprint density at radius 2 is 2.00 bits per heavy atom. The largest absolute Gasteiger partial charge is 0.316 e. The fourth-order valence-electron chi connectivity index (χ4n) is 2.64. The van der Waals surface area contributed by atoms with E-state index in [1.54, 1.807) is 0 Å². The Bertz CT molecular complexity index is 309. The van der Waals surface area contributed by atoms with E-state index >= 15 is 0 Å². The molecule has 0 bridgehead atoms. The third-order valence-electron chi connectivity index (χ3n) is 3.73. The van der Waals surface area contributed by atoms with E-state index in [1.807, 2.05) is 0 Å². The molecule has 0 amide bonds. The highest BCUT2D eigenvalue weighted by atomic mass is 32.2. The van der Waals surface area contributed by atoms with Crippen LogP contribution >= 0.6 is 0 Å². The molecule has 1 N–H and O–H groups in total. The molecule has 0 aromatic carbocycles. The first-order chi connectivity index (χ1) is 7.08. The molecule has 2 fully saturated rings. The number of hydrogen-bond donors (Lipinski definition) is 1. The summed E-state index contributed by atoms with van der Waals surface area (Å²) >= 11 is 0. The van der Waals surface area contributed by atoms with Gasteiger partial charge in [0.05, 0.1) is 11.0 Å². The zero-order chi connectivity index (χ0) is 10.9. The summed E-state index contributed by atoms with van der Waals surface area (Å²) in [6.45, 7) is 3.95. The van der Waals surface area contributed by atoms with Gasteiger partial charge in [0, 0.05) is 13.1 Å². The molecule has 15 heavy (non-hydrogen) atoms. The van der Waals surface area contributed by atoms with Crippen LogP contribution in [0.4, 0.5) is 0 Å². The van der Waals surface area contributed by atoms with Gasteiger partial charge in [-0.15, -0.1) is 0 Å². The molecule has 4 heteroatoms. The van der Waals surface area contributed by atoms with E-state index in [4.69, 9.17) is 0 Å². The fraction of sp³-hybridized carbons (Fsp3) is 1.00. The van der Waals surface area contributed by atoms with Crippen LogP contribution in [0.2, 0.25) is 0 Å². The monoisotopic (exact) mass is 231 g/mol. The van der Waals surface area contributed by atoms with Gasteiger partial charge in [-0.05, 0) is 24.7 Å². The molecule has 3 nitrogen and oxygen atoms in total. The van der Waals surface area contributed by atoms with Crippen molar-refractivity contribution < 1.29 is 8.42 Å². The normalized spacial score (nSPS) is 33.7. The summed E-state index contributed by atoms with van der Waals surface area (Å²) in [4.78, 5) is 0. The lowest BCUT2D eigenvalue weighted by molar-refractivity contribution is 0.362. The zero-order valence-electron chi connectivity index (χ0n) is 9.41. The van der Waals surface area contributed by atoms with Crippen molar-refractivity contribution >= 4 is 9.84 Å². The highest BCUT2D eigenvalue weighted by Gasteiger charge is 2.33. The second-order valence-corrected chi connectivity index (χ2v) is 7.57. The van der Waals surface area contributed by atoms with Crippen molar-refractivity contribution in [2.45, 2.75) is 37.9 Å². The maximum absolute atomic E-state index is 12.1. The van der Waals surface area contributed by atoms with Crippen molar-refractivity contribution in [1.29, 1.82) is 0 Å². The van der Waals surface area contributed by atoms with Gasteiger partial charge in [0.25, 0.3) is 0 Å². The van der Waals surface area contributed by atoms with Gasteiger partial charge < -0.3 is 5.32 Å². The van der Waals surface area contributed by atoms with Crippen molar-refractivity contribution in [3.63, 3.8) is 0 Å². The average Bonchev–Trinajstić information content (AvgIpc) is 2.12. The molecule has 2 rings (SSSR count). The molecule has 1 aliphatic carbocycles. The predicted octanol–water partition coefficient (Wildman–Crippen LogP) is 1.20. The van der Waals surface area contributed by atoms with Crippen molar-refractivity contribution in [1.82, 2.24) is 5.32 Å². The summed E-state index contributed by atoms with van der Waals surface area (Å²) in [6, 6.07) is 0. The Balaban J connectivity index is 1.94. The standard InChI is InChI=1S/C11H21NO2S/c1-9-3-2-4-11(5-9)15(13,14)8-10-6-12-7-10/h9-12H,2-8H2,1H3. The van der Waals surface area contributed by atoms with Gasteiger partial charge in [-0.25, -0.2) is 8.42 Å². The maximum Gasteiger partial charge on any atom is 0.153 e. The van der Waals surface area contributed by atoms with E-state index in [1.165, 1.54) is 6.42 Å². The summed E-state index contributed by atoms with van der Waals surface area (Å²) in [6.07, 6.45) is 4.08. The second kappa shape index (κ2) is 4.42. The molecule has 0 radical (unpaired) electrons. The van der Waals surface area contributed by atoms with Gasteiger partial charge in [0.2, 0.25) is 0 Å². The van der Waals surface area contributed by atoms with Crippen LogP contribution in [0, 0.1) is 11.8 Å². The maximum atomic E-state index is 12.1. The number of hydrogen-bond acceptors (Lipinski definition) is 3. The minimum atomic E-state index is -2.82. The van der Waals surface area contributed by atoms with Crippen LogP contribution < -0.4 is 5.32 Å². The first kappa shape index (κ1) is 11.4. The molecule has 2 aliphatic rings. The predicted molar refractivity (Wildman–Crippen MR) is 61.6 cm³/mol. The summed E-state index contributed by atoms with van der Waals surface area (Å²) in [5.41, 5.74) is 0. The summed E-state index contributed by atoms with van der Waals surface area (Å²) < 4.78 is 24.2. The Hall–Kier alpha value is -0.0900. The average molecular weight is 231 g/mol. The highest BCUT2D eigenvalue weighted by Crippen LogP contribution is 2.29. The van der Waals surface area contributed by atoms with Crippen LogP contribution in [0.15, 0.2) is 0 Å². The number of sulfone groups is 1. The van der Waals surface area contributed by atoms with Gasteiger partial charge in [-0.2, -0.15) is 0 Å². The minimum absolute atomic E-state index is 0.0400. The van der Waals surface area contributed by atoms with Gasteiger partial charge >= 0.3 is 0 Å². The number of rotatable bonds is 3. The van der Waals surface area contributed by atoms with Crippen LogP contribution in [-0.4, -0.2) is 32.5 Å². The third kappa shape index (κ3) is 2.72. The van der Waals surface area contributed by atoms with Crippen LogP contribution in [0.25, 0.3) is 0 Å². The molecule has 1 aliphatic heterocycles. The molecule has 0 aromatic heterocycles. The quantitative estimate of drug-likeness (QED) is 0.794. The highest BCUT2D eigenvalue weighted by molar-refractivity contribution is 7.92. The van der Waals surface area contributed by atoms with E-state index in [0.29, 0.717) is 17.6 Å². The summed E-state index contributed by atoms with van der Waals surface area (Å²) in [5, 5.41) is 3.09. The molecule has 2 unspecified atom stereocenters. The van der Waals surface area contributed by atoms with Gasteiger partial charge in [0.1, 0.15) is 0 Å². The lowest BCUT2D eigenvalue weighted by Gasteiger charge is -2.31. The molecule has 88 valence electrons. The van der Waals surface area contributed by atoms with Crippen LogP contribution in [-0.2, 0) is 9.84 Å². The van der Waals surface area contributed by atoms with Gasteiger partial charge in [-0.1, -0.05) is 19.8 Å². The van der Waals surface area contributed by atoms with Crippen LogP contribution in [0.1, 0.15) is 32.6 Å². The molecule has 0 spiro atoms. The van der Waals surface area contributed by atoms with Crippen molar-refractivity contribution in [3.8, 4) is 0 Å². The molecular formula is C11H21NO2S. The Morgan fingerprint density at radius 1 is 1.27 bits per heavy atom. The fourth-order valence-corrected chi connectivity index (χ4v) is 4.95.